The summed E-state index contributed by atoms with van der Waals surface area (Å²) >= 11 is 0. The monoisotopic (exact) mass is 267 g/mol. The Kier molecular flexibility index (Phi) is 3.02. The van der Waals surface area contributed by atoms with Crippen LogP contribution in [0, 0.1) is 13.8 Å². The van der Waals surface area contributed by atoms with Crippen molar-refractivity contribution in [3.8, 4) is 11.3 Å². The number of H-pyrrole nitrogens is 1. The molecule has 1 aromatic carbocycles. The third kappa shape index (κ3) is 2.18. The average molecular weight is 267 g/mol. The Morgan fingerprint density at radius 3 is 2.60 bits per heavy atom. The first-order valence-corrected chi connectivity index (χ1v) is 6.54. The molecule has 0 saturated carbocycles. The van der Waals surface area contributed by atoms with E-state index in [4.69, 9.17) is 5.73 Å². The lowest BCUT2D eigenvalue weighted by Gasteiger charge is -2.05. The normalized spacial score (nSPS) is 10.9. The van der Waals surface area contributed by atoms with Crippen molar-refractivity contribution in [2.24, 2.45) is 0 Å². The smallest absolute Gasteiger partial charge is 0.145 e. The fourth-order valence-electron chi connectivity index (χ4n) is 2.46. The van der Waals surface area contributed by atoms with Crippen molar-refractivity contribution in [1.29, 1.82) is 0 Å². The predicted molar refractivity (Wildman–Crippen MR) is 79.2 cm³/mol. The summed E-state index contributed by atoms with van der Waals surface area (Å²) in [5, 5.41) is 11.6. The number of aryl methyl sites for hydroxylation is 1. The number of nitrogens with two attached hydrogens (primary N) is 1. The SMILES string of the molecule is Cc1nn(Cc2ccccc2)c(C)c1-c1cc(N)n[nH]1. The molecular weight excluding hydrogens is 250 g/mol. The topological polar surface area (TPSA) is 72.5 Å². The maximum atomic E-state index is 5.68. The molecule has 2 heterocycles. The molecule has 3 aromatic rings. The highest BCUT2D eigenvalue weighted by molar-refractivity contribution is 5.66. The van der Waals surface area contributed by atoms with E-state index in [0.29, 0.717) is 5.82 Å². The minimum atomic E-state index is 0.495. The van der Waals surface area contributed by atoms with Crippen LogP contribution in [0.3, 0.4) is 0 Å². The first kappa shape index (κ1) is 12.5. The zero-order chi connectivity index (χ0) is 14.1. The summed E-state index contributed by atoms with van der Waals surface area (Å²) in [7, 11) is 0. The van der Waals surface area contributed by atoms with Crippen LogP contribution < -0.4 is 5.73 Å². The molecule has 5 heteroatoms. The number of nitrogen functional groups attached to an aromatic ring is 1. The van der Waals surface area contributed by atoms with Gasteiger partial charge in [0.25, 0.3) is 0 Å². The van der Waals surface area contributed by atoms with Gasteiger partial charge >= 0.3 is 0 Å². The number of aromatic amines is 1. The highest BCUT2D eigenvalue weighted by Gasteiger charge is 2.15. The highest BCUT2D eigenvalue weighted by atomic mass is 15.3. The molecule has 5 nitrogen and oxygen atoms in total. The maximum absolute atomic E-state index is 5.68. The molecular formula is C15H17N5. The molecule has 0 aliphatic carbocycles. The second-order valence-electron chi connectivity index (χ2n) is 4.90. The molecule has 0 aliphatic rings. The van der Waals surface area contributed by atoms with Gasteiger partial charge < -0.3 is 5.73 Å². The van der Waals surface area contributed by atoms with E-state index in [2.05, 4.69) is 34.4 Å². The van der Waals surface area contributed by atoms with E-state index in [-0.39, 0.29) is 0 Å². The number of rotatable bonds is 3. The predicted octanol–water partition coefficient (Wildman–Crippen LogP) is 2.52. The number of nitrogens with one attached hydrogen (secondary N) is 1. The molecule has 3 N–H and O–H groups in total. The minimum absolute atomic E-state index is 0.495. The number of anilines is 1. The van der Waals surface area contributed by atoms with E-state index < -0.39 is 0 Å². The molecule has 0 atom stereocenters. The van der Waals surface area contributed by atoms with Gasteiger partial charge in [0.1, 0.15) is 5.82 Å². The molecule has 0 saturated heterocycles. The van der Waals surface area contributed by atoms with Gasteiger partial charge in [-0.25, -0.2) is 0 Å². The molecule has 3 rings (SSSR count). The first-order chi connectivity index (χ1) is 9.65. The molecule has 102 valence electrons. The van der Waals surface area contributed by atoms with Crippen LogP contribution in [0.2, 0.25) is 0 Å². The third-order valence-corrected chi connectivity index (χ3v) is 3.42. The molecule has 20 heavy (non-hydrogen) atoms. The fraction of sp³-hybridized carbons (Fsp3) is 0.200. The summed E-state index contributed by atoms with van der Waals surface area (Å²) in [6.07, 6.45) is 0. The molecule has 0 unspecified atom stereocenters. The Balaban J connectivity index is 1.99. The summed E-state index contributed by atoms with van der Waals surface area (Å²) in [4.78, 5) is 0. The van der Waals surface area contributed by atoms with Gasteiger partial charge in [0, 0.05) is 17.3 Å². The number of hydrogen-bond acceptors (Lipinski definition) is 3. The highest BCUT2D eigenvalue weighted by Crippen LogP contribution is 2.26. The van der Waals surface area contributed by atoms with Crippen molar-refractivity contribution in [1.82, 2.24) is 20.0 Å². The van der Waals surface area contributed by atoms with Gasteiger partial charge in [0.05, 0.1) is 17.9 Å². The van der Waals surface area contributed by atoms with Gasteiger partial charge in [0.15, 0.2) is 0 Å². The van der Waals surface area contributed by atoms with Crippen molar-refractivity contribution in [3.05, 3.63) is 53.3 Å². The maximum Gasteiger partial charge on any atom is 0.145 e. The third-order valence-electron chi connectivity index (χ3n) is 3.42. The molecule has 0 amide bonds. The summed E-state index contributed by atoms with van der Waals surface area (Å²) in [5.41, 5.74) is 11.0. The van der Waals surface area contributed by atoms with Crippen molar-refractivity contribution in [2.45, 2.75) is 20.4 Å². The van der Waals surface area contributed by atoms with E-state index in [1.165, 1.54) is 5.56 Å². The molecule has 0 fully saturated rings. The van der Waals surface area contributed by atoms with Crippen LogP contribution in [0.4, 0.5) is 5.82 Å². The fourth-order valence-corrected chi connectivity index (χ4v) is 2.46. The van der Waals surface area contributed by atoms with E-state index in [1.54, 1.807) is 0 Å². The molecule has 0 radical (unpaired) electrons. The summed E-state index contributed by atoms with van der Waals surface area (Å²) in [5.74, 6) is 0.495. The zero-order valence-corrected chi connectivity index (χ0v) is 11.6. The Labute approximate surface area is 117 Å². The average Bonchev–Trinajstić information content (AvgIpc) is 2.96. The van der Waals surface area contributed by atoms with E-state index in [9.17, 15) is 0 Å². The Bertz CT molecular complexity index is 724. The summed E-state index contributed by atoms with van der Waals surface area (Å²) in [6, 6.07) is 12.1. The van der Waals surface area contributed by atoms with E-state index in [0.717, 1.165) is 29.2 Å². The van der Waals surface area contributed by atoms with Gasteiger partial charge in [0.2, 0.25) is 0 Å². The van der Waals surface area contributed by atoms with E-state index in [1.807, 2.05) is 35.9 Å². The minimum Gasteiger partial charge on any atom is -0.382 e. The second-order valence-corrected chi connectivity index (χ2v) is 4.90. The van der Waals surface area contributed by atoms with Crippen LogP contribution in [0.25, 0.3) is 11.3 Å². The van der Waals surface area contributed by atoms with Crippen LogP contribution in [0.1, 0.15) is 17.0 Å². The van der Waals surface area contributed by atoms with Crippen LogP contribution in [0.15, 0.2) is 36.4 Å². The quantitative estimate of drug-likeness (QED) is 0.766. The number of nitrogens with zero attached hydrogens (tertiary/aromatic N) is 3. The lowest BCUT2D eigenvalue weighted by atomic mass is 10.1. The molecule has 0 spiro atoms. The van der Waals surface area contributed by atoms with Gasteiger partial charge in [-0.15, -0.1) is 0 Å². The second kappa shape index (κ2) is 4.85. The van der Waals surface area contributed by atoms with Gasteiger partial charge in [-0.3, -0.25) is 9.78 Å². The van der Waals surface area contributed by atoms with Crippen LogP contribution in [-0.2, 0) is 6.54 Å². The van der Waals surface area contributed by atoms with E-state index >= 15 is 0 Å². The Morgan fingerprint density at radius 1 is 1.20 bits per heavy atom. The largest absolute Gasteiger partial charge is 0.382 e. The van der Waals surface area contributed by atoms with Gasteiger partial charge in [-0.05, 0) is 19.4 Å². The molecule has 2 aromatic heterocycles. The Morgan fingerprint density at radius 2 is 1.95 bits per heavy atom. The van der Waals surface area contributed by atoms with Gasteiger partial charge in [-0.1, -0.05) is 30.3 Å². The number of benzene rings is 1. The summed E-state index contributed by atoms with van der Waals surface area (Å²) in [6.45, 7) is 4.83. The van der Waals surface area contributed by atoms with Gasteiger partial charge in [-0.2, -0.15) is 10.2 Å². The van der Waals surface area contributed by atoms with Crippen molar-refractivity contribution in [2.75, 3.05) is 5.73 Å². The van der Waals surface area contributed by atoms with Crippen molar-refractivity contribution >= 4 is 5.82 Å². The number of hydrogen-bond donors (Lipinski definition) is 2. The van der Waals surface area contributed by atoms with Crippen molar-refractivity contribution < 1.29 is 0 Å². The lowest BCUT2D eigenvalue weighted by Crippen LogP contribution is -2.03. The zero-order valence-electron chi connectivity index (χ0n) is 11.6. The van der Waals surface area contributed by atoms with Crippen LogP contribution in [-0.4, -0.2) is 20.0 Å². The standard InChI is InChI=1S/C15H17N5/c1-10-15(13-8-14(16)18-17-13)11(2)20(19-10)9-12-6-4-3-5-7-12/h3-8H,9H2,1-2H3,(H3,16,17,18). The number of aromatic nitrogens is 4. The Hall–Kier alpha value is -2.56. The summed E-state index contributed by atoms with van der Waals surface area (Å²) < 4.78 is 2.01. The molecule has 0 aliphatic heterocycles. The lowest BCUT2D eigenvalue weighted by molar-refractivity contribution is 0.659. The van der Waals surface area contributed by atoms with Crippen molar-refractivity contribution in [3.63, 3.8) is 0 Å². The van der Waals surface area contributed by atoms with Crippen LogP contribution >= 0.6 is 0 Å². The van der Waals surface area contributed by atoms with Crippen LogP contribution in [0.5, 0.6) is 0 Å². The molecule has 0 bridgehead atoms. The first-order valence-electron chi connectivity index (χ1n) is 6.54.